The molecule has 1 saturated heterocycles. The van der Waals surface area contributed by atoms with Gasteiger partial charge in [0.2, 0.25) is 0 Å². The fourth-order valence-corrected chi connectivity index (χ4v) is 2.33. The third kappa shape index (κ3) is 6.53. The number of hydrogen-bond donors (Lipinski definition) is 1. The minimum absolute atomic E-state index is 0.318. The first kappa shape index (κ1) is 17.2. The van der Waals surface area contributed by atoms with Gasteiger partial charge >= 0.3 is 0 Å². The fraction of sp³-hybridized carbons (Fsp3) is 0.562. The number of hydrogen-bond acceptors (Lipinski definition) is 3. The van der Waals surface area contributed by atoms with Crippen LogP contribution in [0.1, 0.15) is 50.8 Å². The molecule has 112 valence electrons. The molecule has 1 aromatic rings. The van der Waals surface area contributed by atoms with Crippen molar-refractivity contribution < 1.29 is 9.53 Å². The zero-order valence-corrected chi connectivity index (χ0v) is 14.1. The maximum atomic E-state index is 9.60. The molecule has 1 aliphatic rings. The Morgan fingerprint density at radius 2 is 2.00 bits per heavy atom. The van der Waals surface area contributed by atoms with E-state index >= 15 is 0 Å². The quantitative estimate of drug-likeness (QED) is 0.667. The van der Waals surface area contributed by atoms with Crippen LogP contribution in [0.4, 0.5) is 0 Å². The van der Waals surface area contributed by atoms with Gasteiger partial charge < -0.3 is 10.1 Å². The van der Waals surface area contributed by atoms with Crippen molar-refractivity contribution in [3.05, 3.63) is 35.4 Å². The van der Waals surface area contributed by atoms with E-state index in [-0.39, 0.29) is 5.60 Å². The maximum Gasteiger partial charge on any atom is 0.293 e. The first-order valence-electron chi connectivity index (χ1n) is 6.96. The highest BCUT2D eigenvalue weighted by atomic mass is 79.9. The van der Waals surface area contributed by atoms with E-state index in [1.807, 2.05) is 20.8 Å². The summed E-state index contributed by atoms with van der Waals surface area (Å²) < 4.78 is 4.55. The summed E-state index contributed by atoms with van der Waals surface area (Å²) in [5.74, 6) is 0. The summed E-state index contributed by atoms with van der Waals surface area (Å²) in [4.78, 5) is 9.60. The van der Waals surface area contributed by atoms with Crippen molar-refractivity contribution in [3.63, 3.8) is 0 Å². The molecule has 0 saturated carbocycles. The first-order chi connectivity index (χ1) is 9.46. The van der Waals surface area contributed by atoms with E-state index in [2.05, 4.69) is 50.2 Å². The smallest absolute Gasteiger partial charge is 0.293 e. The van der Waals surface area contributed by atoms with E-state index < -0.39 is 0 Å². The molecule has 1 N–H and O–H groups in total. The second kappa shape index (κ2) is 8.42. The summed E-state index contributed by atoms with van der Waals surface area (Å²) in [6, 6.07) is 9.47. The molecule has 1 atom stereocenters. The van der Waals surface area contributed by atoms with Gasteiger partial charge in [-0.3, -0.25) is 4.79 Å². The van der Waals surface area contributed by atoms with Crippen LogP contribution in [0.2, 0.25) is 0 Å². The molecule has 1 unspecified atom stereocenters. The summed E-state index contributed by atoms with van der Waals surface area (Å²) in [5.41, 5.74) is 2.46. The van der Waals surface area contributed by atoms with Crippen molar-refractivity contribution in [1.29, 1.82) is 0 Å². The Morgan fingerprint density at radius 3 is 2.35 bits per heavy atom. The zero-order valence-electron chi connectivity index (χ0n) is 12.5. The van der Waals surface area contributed by atoms with Crippen LogP contribution in [0, 0.1) is 0 Å². The lowest BCUT2D eigenvalue weighted by Gasteiger charge is -2.14. The molecular weight excluding hydrogens is 318 g/mol. The number of nitrogens with one attached hydrogen (secondary N) is 1. The van der Waals surface area contributed by atoms with Crippen molar-refractivity contribution in [3.8, 4) is 0 Å². The van der Waals surface area contributed by atoms with Gasteiger partial charge in [-0.25, -0.2) is 0 Å². The van der Waals surface area contributed by atoms with E-state index in [1.54, 1.807) is 0 Å². The van der Waals surface area contributed by atoms with E-state index in [0.29, 0.717) is 12.5 Å². The van der Waals surface area contributed by atoms with Crippen LogP contribution in [0.25, 0.3) is 0 Å². The molecule has 1 aromatic carbocycles. The zero-order chi connectivity index (χ0) is 15.0. The number of alkyl halides is 1. The van der Waals surface area contributed by atoms with Gasteiger partial charge in [-0.2, -0.15) is 0 Å². The summed E-state index contributed by atoms with van der Waals surface area (Å²) in [7, 11) is 0. The number of carbonyl (C=O) groups is 1. The van der Waals surface area contributed by atoms with Crippen LogP contribution in [0.3, 0.4) is 0 Å². The molecule has 1 aliphatic heterocycles. The van der Waals surface area contributed by atoms with E-state index in [1.165, 1.54) is 30.5 Å². The Kier molecular flexibility index (Phi) is 7.24. The van der Waals surface area contributed by atoms with E-state index in [9.17, 15) is 4.79 Å². The summed E-state index contributed by atoms with van der Waals surface area (Å²) in [6.07, 6.45) is 2.60. The Morgan fingerprint density at radius 1 is 1.35 bits per heavy atom. The molecule has 0 aromatic heterocycles. The molecule has 2 rings (SSSR count). The molecule has 0 aliphatic carbocycles. The van der Waals surface area contributed by atoms with Gasteiger partial charge in [-0.1, -0.05) is 40.2 Å². The van der Waals surface area contributed by atoms with Crippen LogP contribution in [0.5, 0.6) is 0 Å². The number of benzene rings is 1. The standard InChI is InChI=1S/C11H14BrN.C5H10O2/c12-8-9-3-5-10(6-4-9)11-2-1-7-13-11;1-5(2,3)7-4-6/h3-6,11,13H,1-2,7-8H2;4H,1-3H3. The average molecular weight is 342 g/mol. The lowest BCUT2D eigenvalue weighted by molar-refractivity contribution is -0.138. The molecule has 0 bridgehead atoms. The SMILES string of the molecule is BrCc1ccc(C2CCCN2)cc1.CC(C)(C)OC=O. The van der Waals surface area contributed by atoms with E-state index in [0.717, 1.165) is 5.33 Å². The molecular formula is C16H24BrNO2. The van der Waals surface area contributed by atoms with Gasteiger partial charge in [0.05, 0.1) is 0 Å². The molecule has 3 nitrogen and oxygen atoms in total. The highest BCUT2D eigenvalue weighted by Crippen LogP contribution is 2.23. The topological polar surface area (TPSA) is 38.3 Å². The van der Waals surface area contributed by atoms with Gasteiger partial charge in [0.15, 0.2) is 0 Å². The Bertz CT molecular complexity index is 392. The molecule has 4 heteroatoms. The van der Waals surface area contributed by atoms with Crippen molar-refractivity contribution in [1.82, 2.24) is 5.32 Å². The van der Waals surface area contributed by atoms with Gasteiger partial charge in [0.25, 0.3) is 6.47 Å². The van der Waals surface area contributed by atoms with Crippen molar-refractivity contribution in [2.75, 3.05) is 6.54 Å². The van der Waals surface area contributed by atoms with Gasteiger partial charge in [0, 0.05) is 11.4 Å². The van der Waals surface area contributed by atoms with Crippen LogP contribution < -0.4 is 5.32 Å². The maximum absolute atomic E-state index is 9.60. The molecule has 1 fully saturated rings. The highest BCUT2D eigenvalue weighted by molar-refractivity contribution is 9.08. The Hall–Kier alpha value is -0.870. The van der Waals surface area contributed by atoms with Crippen LogP contribution in [0.15, 0.2) is 24.3 Å². The minimum Gasteiger partial charge on any atom is -0.462 e. The molecule has 0 amide bonds. The second-order valence-electron chi connectivity index (χ2n) is 5.85. The Labute approximate surface area is 130 Å². The average Bonchev–Trinajstić information content (AvgIpc) is 2.92. The Balaban J connectivity index is 0.000000246. The van der Waals surface area contributed by atoms with Crippen molar-refractivity contribution >= 4 is 22.4 Å². The van der Waals surface area contributed by atoms with E-state index in [4.69, 9.17) is 0 Å². The second-order valence-corrected chi connectivity index (χ2v) is 6.41. The monoisotopic (exact) mass is 341 g/mol. The number of rotatable bonds is 3. The first-order valence-corrected chi connectivity index (χ1v) is 8.08. The van der Waals surface area contributed by atoms with Crippen molar-refractivity contribution in [2.24, 2.45) is 0 Å². The van der Waals surface area contributed by atoms with Crippen LogP contribution >= 0.6 is 15.9 Å². The van der Waals surface area contributed by atoms with Crippen molar-refractivity contribution in [2.45, 2.75) is 50.6 Å². The fourth-order valence-electron chi connectivity index (χ4n) is 1.95. The number of halogens is 1. The van der Waals surface area contributed by atoms with Gasteiger partial charge in [-0.05, 0) is 51.3 Å². The molecule has 0 spiro atoms. The predicted molar refractivity (Wildman–Crippen MR) is 86.0 cm³/mol. The third-order valence-corrected chi connectivity index (χ3v) is 3.65. The third-order valence-electron chi connectivity index (χ3n) is 3.00. The molecule has 0 radical (unpaired) electrons. The molecule has 20 heavy (non-hydrogen) atoms. The van der Waals surface area contributed by atoms with Crippen LogP contribution in [-0.2, 0) is 14.9 Å². The lowest BCUT2D eigenvalue weighted by atomic mass is 10.0. The number of ether oxygens (including phenoxy) is 1. The predicted octanol–water partition coefficient (Wildman–Crippen LogP) is 3.96. The summed E-state index contributed by atoms with van der Waals surface area (Å²) in [5, 5.41) is 4.45. The molecule has 1 heterocycles. The minimum atomic E-state index is -0.318. The van der Waals surface area contributed by atoms with Gasteiger partial charge in [-0.15, -0.1) is 0 Å². The normalized spacial score (nSPS) is 18.1. The summed E-state index contributed by atoms with van der Waals surface area (Å²) >= 11 is 3.45. The van der Waals surface area contributed by atoms with Gasteiger partial charge in [0.1, 0.15) is 5.60 Å². The summed E-state index contributed by atoms with van der Waals surface area (Å²) in [6.45, 7) is 7.09. The lowest BCUT2D eigenvalue weighted by Crippen LogP contribution is -2.17. The highest BCUT2D eigenvalue weighted by Gasteiger charge is 2.15. The number of carbonyl (C=O) groups excluding carboxylic acids is 1. The largest absolute Gasteiger partial charge is 0.462 e. The van der Waals surface area contributed by atoms with Crippen LogP contribution in [-0.4, -0.2) is 18.6 Å².